The molecule has 0 N–H and O–H groups in total. The summed E-state index contributed by atoms with van der Waals surface area (Å²) in [6, 6.07) is 5.21. The van der Waals surface area contributed by atoms with E-state index in [0.29, 0.717) is 16.6 Å². The maximum absolute atomic E-state index is 13.5. The zero-order chi connectivity index (χ0) is 14.2. The van der Waals surface area contributed by atoms with Crippen LogP contribution in [0.25, 0.3) is 0 Å². The molecule has 0 amide bonds. The van der Waals surface area contributed by atoms with Crippen molar-refractivity contribution >= 4 is 33.3 Å². The molecule has 0 saturated carbocycles. The molecule has 0 radical (unpaired) electrons. The zero-order valence-corrected chi connectivity index (χ0v) is 11.5. The third kappa shape index (κ3) is 2.82. The van der Waals surface area contributed by atoms with Crippen LogP contribution in [0.3, 0.4) is 0 Å². The summed E-state index contributed by atoms with van der Waals surface area (Å²) in [7, 11) is 0. The minimum Gasteiger partial charge on any atom is -0.288 e. The lowest BCUT2D eigenvalue weighted by Gasteiger charge is -2.06. The summed E-state index contributed by atoms with van der Waals surface area (Å²) in [6.45, 7) is 0. The lowest BCUT2D eigenvalue weighted by atomic mass is 10.0. The highest BCUT2D eigenvalue weighted by atomic mass is 79.9. The van der Waals surface area contributed by atoms with Crippen molar-refractivity contribution in [3.63, 3.8) is 0 Å². The Balaban J connectivity index is 2.53. The fraction of sp³-hybridized carbons (Fsp3) is 0. The van der Waals surface area contributed by atoms with Gasteiger partial charge in [-0.15, -0.1) is 0 Å². The molecule has 0 aliphatic heterocycles. The van der Waals surface area contributed by atoms with Gasteiger partial charge in [0, 0.05) is 16.1 Å². The van der Waals surface area contributed by atoms with Crippen molar-refractivity contribution in [2.45, 2.75) is 0 Å². The second-order valence-corrected chi connectivity index (χ2v) is 5.02. The van der Waals surface area contributed by atoms with Crippen molar-refractivity contribution in [3.8, 4) is 0 Å². The van der Waals surface area contributed by atoms with Crippen molar-refractivity contribution in [1.82, 2.24) is 0 Å². The molecule has 2 aromatic rings. The topological polar surface area (TPSA) is 17.1 Å². The van der Waals surface area contributed by atoms with Gasteiger partial charge in [0.05, 0.1) is 10.6 Å². The average molecular weight is 350 g/mol. The van der Waals surface area contributed by atoms with Crippen molar-refractivity contribution in [2.24, 2.45) is 0 Å². The summed E-state index contributed by atoms with van der Waals surface area (Å²) in [5.74, 6) is -4.59. The van der Waals surface area contributed by atoms with Crippen LogP contribution >= 0.6 is 27.5 Å². The first-order valence-electron chi connectivity index (χ1n) is 5.04. The molecule has 6 heteroatoms. The second kappa shape index (κ2) is 5.35. The number of ketones is 1. The minimum atomic E-state index is -1.35. The largest absolute Gasteiger partial charge is 0.288 e. The van der Waals surface area contributed by atoms with Gasteiger partial charge in [-0.3, -0.25) is 4.79 Å². The summed E-state index contributed by atoms with van der Waals surface area (Å²) in [4.78, 5) is 12.0. The predicted molar refractivity (Wildman–Crippen MR) is 68.9 cm³/mol. The van der Waals surface area contributed by atoms with E-state index < -0.39 is 28.8 Å². The minimum absolute atomic E-state index is 0.00905. The van der Waals surface area contributed by atoms with Crippen LogP contribution in [0.5, 0.6) is 0 Å². The maximum Gasteiger partial charge on any atom is 0.197 e. The molecule has 0 spiro atoms. The number of hydrogen-bond donors (Lipinski definition) is 0. The van der Waals surface area contributed by atoms with E-state index in [0.717, 1.165) is 0 Å². The fourth-order valence-electron chi connectivity index (χ4n) is 1.52. The van der Waals surface area contributed by atoms with Gasteiger partial charge >= 0.3 is 0 Å². The molecule has 2 rings (SSSR count). The Morgan fingerprint density at radius 3 is 2.21 bits per heavy atom. The molecule has 0 aromatic heterocycles. The number of benzene rings is 2. The Labute approximate surface area is 120 Å². The molecule has 2 aromatic carbocycles. The van der Waals surface area contributed by atoms with Crippen LogP contribution < -0.4 is 0 Å². The zero-order valence-electron chi connectivity index (χ0n) is 9.18. The Kier molecular flexibility index (Phi) is 3.96. The van der Waals surface area contributed by atoms with Crippen LogP contribution in [0.15, 0.2) is 34.8 Å². The van der Waals surface area contributed by atoms with E-state index in [2.05, 4.69) is 15.9 Å². The number of hydrogen-bond acceptors (Lipinski definition) is 1. The van der Waals surface area contributed by atoms with Gasteiger partial charge < -0.3 is 0 Å². The first-order chi connectivity index (χ1) is 8.90. The lowest BCUT2D eigenvalue weighted by Crippen LogP contribution is -2.07. The van der Waals surface area contributed by atoms with Gasteiger partial charge in [-0.05, 0) is 24.3 Å². The van der Waals surface area contributed by atoms with E-state index in [4.69, 9.17) is 11.6 Å². The number of carbonyl (C=O) groups excluding carboxylic acids is 1. The molecule has 98 valence electrons. The van der Waals surface area contributed by atoms with Crippen LogP contribution in [-0.2, 0) is 0 Å². The van der Waals surface area contributed by atoms with E-state index in [1.807, 2.05) is 0 Å². The van der Waals surface area contributed by atoms with Crippen molar-refractivity contribution in [1.29, 1.82) is 0 Å². The highest BCUT2D eigenvalue weighted by molar-refractivity contribution is 9.10. The Morgan fingerprint density at radius 1 is 0.947 bits per heavy atom. The highest BCUT2D eigenvalue weighted by Crippen LogP contribution is 2.25. The molecular weight excluding hydrogens is 344 g/mol. The first-order valence-corrected chi connectivity index (χ1v) is 6.21. The third-order valence-corrected chi connectivity index (χ3v) is 3.24. The van der Waals surface area contributed by atoms with Crippen molar-refractivity contribution < 1.29 is 18.0 Å². The number of rotatable bonds is 2. The van der Waals surface area contributed by atoms with Gasteiger partial charge in [-0.25, -0.2) is 13.2 Å². The van der Waals surface area contributed by atoms with E-state index in [1.165, 1.54) is 18.2 Å². The van der Waals surface area contributed by atoms with E-state index in [-0.39, 0.29) is 10.6 Å². The fourth-order valence-corrected chi connectivity index (χ4v) is 2.27. The van der Waals surface area contributed by atoms with Gasteiger partial charge in [-0.1, -0.05) is 27.5 Å². The van der Waals surface area contributed by atoms with Crippen LogP contribution in [0.4, 0.5) is 13.2 Å². The molecule has 0 aliphatic rings. The summed E-state index contributed by atoms with van der Waals surface area (Å²) in [5.41, 5.74) is -0.558. The summed E-state index contributed by atoms with van der Waals surface area (Å²) in [6.07, 6.45) is 0. The Morgan fingerprint density at radius 2 is 1.58 bits per heavy atom. The number of halogens is 5. The van der Waals surface area contributed by atoms with Crippen LogP contribution in [-0.4, -0.2) is 5.78 Å². The summed E-state index contributed by atoms with van der Waals surface area (Å²) >= 11 is 9.01. The summed E-state index contributed by atoms with van der Waals surface area (Å²) < 4.78 is 40.0. The van der Waals surface area contributed by atoms with Crippen molar-refractivity contribution in [3.05, 3.63) is 68.4 Å². The normalized spacial score (nSPS) is 10.6. The first kappa shape index (κ1) is 14.1. The smallest absolute Gasteiger partial charge is 0.197 e. The lowest BCUT2D eigenvalue weighted by molar-refractivity contribution is 0.103. The predicted octanol–water partition coefficient (Wildman–Crippen LogP) is 4.75. The second-order valence-electron chi connectivity index (χ2n) is 3.70. The van der Waals surface area contributed by atoms with Crippen molar-refractivity contribution in [2.75, 3.05) is 0 Å². The highest BCUT2D eigenvalue weighted by Gasteiger charge is 2.19. The molecule has 19 heavy (non-hydrogen) atoms. The van der Waals surface area contributed by atoms with Gasteiger partial charge in [0.15, 0.2) is 17.4 Å². The maximum atomic E-state index is 13.5. The van der Waals surface area contributed by atoms with E-state index >= 15 is 0 Å². The quantitative estimate of drug-likeness (QED) is 0.565. The molecule has 1 nitrogen and oxygen atoms in total. The molecule has 0 bridgehead atoms. The molecular formula is C13H5BrClF3O. The molecule has 0 atom stereocenters. The molecule has 0 heterocycles. The van der Waals surface area contributed by atoms with Gasteiger partial charge in [0.2, 0.25) is 0 Å². The van der Waals surface area contributed by atoms with E-state index in [1.54, 1.807) is 0 Å². The molecule has 0 unspecified atom stereocenters. The Hall–Kier alpha value is -1.33. The van der Waals surface area contributed by atoms with Gasteiger partial charge in [-0.2, -0.15) is 0 Å². The van der Waals surface area contributed by atoms with Crippen LogP contribution in [0.1, 0.15) is 15.9 Å². The average Bonchev–Trinajstić information content (AvgIpc) is 2.33. The SMILES string of the molecule is O=C(c1cc(F)c(F)cc1F)c1ccc(Br)cc1Cl. The molecule has 0 fully saturated rings. The summed E-state index contributed by atoms with van der Waals surface area (Å²) in [5, 5.41) is 0.0866. The van der Waals surface area contributed by atoms with Gasteiger partial charge in [0.1, 0.15) is 5.82 Å². The van der Waals surface area contributed by atoms with Crippen LogP contribution in [0.2, 0.25) is 5.02 Å². The third-order valence-electron chi connectivity index (χ3n) is 2.43. The molecule has 0 aliphatic carbocycles. The van der Waals surface area contributed by atoms with Crippen LogP contribution in [0, 0.1) is 17.5 Å². The molecule has 0 saturated heterocycles. The number of carbonyl (C=O) groups is 1. The standard InChI is InChI=1S/C13H5BrClF3O/c14-6-1-2-7(9(15)3-6)13(19)8-4-11(17)12(18)5-10(8)16/h1-5H. The van der Waals surface area contributed by atoms with E-state index in [9.17, 15) is 18.0 Å². The monoisotopic (exact) mass is 348 g/mol. The van der Waals surface area contributed by atoms with Gasteiger partial charge in [0.25, 0.3) is 0 Å². The Bertz CT molecular complexity index is 673.